The molecule has 120 valence electrons. The molecule has 0 saturated heterocycles. The van der Waals surface area contributed by atoms with Gasteiger partial charge in [0, 0.05) is 24.8 Å². The molecule has 0 saturated carbocycles. The van der Waals surface area contributed by atoms with Gasteiger partial charge in [-0.1, -0.05) is 38.1 Å². The number of hydrogen-bond donors (Lipinski definition) is 2. The van der Waals surface area contributed by atoms with E-state index in [1.165, 1.54) is 24.7 Å². The van der Waals surface area contributed by atoms with Gasteiger partial charge in [-0.05, 0) is 37.3 Å². The third kappa shape index (κ3) is 9.53. The number of nitrogens with one attached hydrogen (secondary N) is 2. The van der Waals surface area contributed by atoms with Crippen molar-refractivity contribution in [2.75, 3.05) is 17.2 Å². The van der Waals surface area contributed by atoms with Gasteiger partial charge in [-0.3, -0.25) is 4.79 Å². The van der Waals surface area contributed by atoms with Crippen molar-refractivity contribution in [1.82, 2.24) is 0 Å². The van der Waals surface area contributed by atoms with Gasteiger partial charge in [-0.15, -0.1) is 0 Å². The summed E-state index contributed by atoms with van der Waals surface area (Å²) in [5, 5.41) is 5.67. The zero-order chi connectivity index (χ0) is 16.8. The first kappa shape index (κ1) is 19.6. The van der Waals surface area contributed by atoms with Crippen molar-refractivity contribution in [3.05, 3.63) is 60.4 Å². The summed E-state index contributed by atoms with van der Waals surface area (Å²) in [5.41, 5.74) is 1.68. The molecule has 4 heteroatoms. The van der Waals surface area contributed by atoms with E-state index in [0.29, 0.717) is 5.69 Å². The molecule has 0 heterocycles. The quantitative estimate of drug-likeness (QED) is 0.844. The fourth-order valence-electron chi connectivity index (χ4n) is 1.53. The van der Waals surface area contributed by atoms with E-state index < -0.39 is 0 Å². The number of halogens is 1. The Labute approximate surface area is 132 Å². The second kappa shape index (κ2) is 12.4. The van der Waals surface area contributed by atoms with E-state index in [1.807, 2.05) is 32.0 Å². The molecule has 0 aliphatic heterocycles. The van der Waals surface area contributed by atoms with Crippen molar-refractivity contribution in [1.29, 1.82) is 0 Å². The molecule has 0 radical (unpaired) electrons. The molecule has 0 aromatic heterocycles. The van der Waals surface area contributed by atoms with Crippen LogP contribution in [0.4, 0.5) is 15.8 Å². The average molecular weight is 304 g/mol. The first-order chi connectivity index (χ1) is 10.6. The summed E-state index contributed by atoms with van der Waals surface area (Å²) in [7, 11) is 0. The second-order valence-electron chi connectivity index (χ2n) is 4.09. The number of carbonyl (C=O) groups excluding carboxylic acids is 1. The molecule has 22 heavy (non-hydrogen) atoms. The SMILES string of the molecule is CC.CC(=O)Nc1cccc(F)c1.CCNc1ccccc1. The predicted octanol–water partition coefficient (Wildman–Crippen LogP) is 4.93. The fraction of sp³-hybridized carbons (Fsp3) is 0.278. The van der Waals surface area contributed by atoms with E-state index in [9.17, 15) is 9.18 Å². The summed E-state index contributed by atoms with van der Waals surface area (Å²) >= 11 is 0. The van der Waals surface area contributed by atoms with Crippen LogP contribution in [0.5, 0.6) is 0 Å². The average Bonchev–Trinajstić information content (AvgIpc) is 2.51. The molecule has 0 bridgehead atoms. The molecular weight excluding hydrogens is 279 g/mol. The molecule has 2 rings (SSSR count). The van der Waals surface area contributed by atoms with Gasteiger partial charge in [0.15, 0.2) is 0 Å². The van der Waals surface area contributed by atoms with Crippen LogP contribution in [0.1, 0.15) is 27.7 Å². The summed E-state index contributed by atoms with van der Waals surface area (Å²) in [5.74, 6) is -0.549. The molecule has 2 N–H and O–H groups in total. The van der Waals surface area contributed by atoms with Gasteiger partial charge in [0.1, 0.15) is 5.82 Å². The van der Waals surface area contributed by atoms with Gasteiger partial charge < -0.3 is 10.6 Å². The lowest BCUT2D eigenvalue weighted by Crippen LogP contribution is -2.05. The van der Waals surface area contributed by atoms with Crippen LogP contribution < -0.4 is 10.6 Å². The second-order valence-corrected chi connectivity index (χ2v) is 4.09. The van der Waals surface area contributed by atoms with Crippen molar-refractivity contribution in [2.24, 2.45) is 0 Å². The Kier molecular flexibility index (Phi) is 11.1. The minimum absolute atomic E-state index is 0.199. The first-order valence-electron chi connectivity index (χ1n) is 7.44. The maximum Gasteiger partial charge on any atom is 0.221 e. The van der Waals surface area contributed by atoms with E-state index in [-0.39, 0.29) is 11.7 Å². The first-order valence-corrected chi connectivity index (χ1v) is 7.44. The molecule has 0 atom stereocenters. The highest BCUT2D eigenvalue weighted by molar-refractivity contribution is 5.88. The number of para-hydroxylation sites is 1. The summed E-state index contributed by atoms with van der Waals surface area (Å²) < 4.78 is 12.5. The van der Waals surface area contributed by atoms with E-state index in [0.717, 1.165) is 6.54 Å². The third-order valence-corrected chi connectivity index (χ3v) is 2.30. The molecule has 0 aliphatic carbocycles. The van der Waals surface area contributed by atoms with Gasteiger partial charge in [0.25, 0.3) is 0 Å². The maximum atomic E-state index is 12.5. The minimum Gasteiger partial charge on any atom is -0.385 e. The Morgan fingerprint density at radius 3 is 2.09 bits per heavy atom. The van der Waals surface area contributed by atoms with Crippen LogP contribution >= 0.6 is 0 Å². The third-order valence-electron chi connectivity index (χ3n) is 2.30. The number of rotatable bonds is 3. The molecule has 0 spiro atoms. The summed E-state index contributed by atoms with van der Waals surface area (Å²) in [6, 6.07) is 15.9. The molecular formula is C18H25FN2O. The Bertz CT molecular complexity index is 530. The highest BCUT2D eigenvalue weighted by atomic mass is 19.1. The van der Waals surface area contributed by atoms with Crippen LogP contribution in [0.15, 0.2) is 54.6 Å². The van der Waals surface area contributed by atoms with Crippen LogP contribution in [-0.2, 0) is 4.79 Å². The molecule has 0 unspecified atom stereocenters. The molecule has 2 aromatic carbocycles. The molecule has 3 nitrogen and oxygen atoms in total. The van der Waals surface area contributed by atoms with E-state index >= 15 is 0 Å². The lowest BCUT2D eigenvalue weighted by molar-refractivity contribution is -0.114. The van der Waals surface area contributed by atoms with E-state index in [4.69, 9.17) is 0 Å². The number of benzene rings is 2. The molecule has 0 aliphatic rings. The normalized spacial score (nSPS) is 8.59. The zero-order valence-corrected chi connectivity index (χ0v) is 13.7. The number of hydrogen-bond acceptors (Lipinski definition) is 2. The lowest BCUT2D eigenvalue weighted by atomic mass is 10.3. The van der Waals surface area contributed by atoms with Gasteiger partial charge in [-0.2, -0.15) is 0 Å². The smallest absolute Gasteiger partial charge is 0.221 e. The number of amides is 1. The van der Waals surface area contributed by atoms with Crippen molar-refractivity contribution < 1.29 is 9.18 Å². The summed E-state index contributed by atoms with van der Waals surface area (Å²) in [6.07, 6.45) is 0. The minimum atomic E-state index is -0.351. The van der Waals surface area contributed by atoms with Crippen LogP contribution in [0.2, 0.25) is 0 Å². The highest BCUT2D eigenvalue weighted by Gasteiger charge is 1.95. The summed E-state index contributed by atoms with van der Waals surface area (Å²) in [6.45, 7) is 8.46. The van der Waals surface area contributed by atoms with Gasteiger partial charge >= 0.3 is 0 Å². The van der Waals surface area contributed by atoms with E-state index in [1.54, 1.807) is 12.1 Å². The van der Waals surface area contributed by atoms with Crippen molar-refractivity contribution in [3.63, 3.8) is 0 Å². The standard InChI is InChI=1S/C8H8FNO.C8H11N.C2H6/c1-6(11)10-8-4-2-3-7(9)5-8;1-2-9-8-6-4-3-5-7-8;1-2/h2-5H,1H3,(H,10,11);3-7,9H,2H2,1H3;1-2H3. The van der Waals surface area contributed by atoms with Crippen molar-refractivity contribution >= 4 is 17.3 Å². The number of carbonyl (C=O) groups is 1. The summed E-state index contributed by atoms with van der Waals surface area (Å²) in [4.78, 5) is 10.5. The Morgan fingerprint density at radius 2 is 1.59 bits per heavy atom. The van der Waals surface area contributed by atoms with Gasteiger partial charge in [0.2, 0.25) is 5.91 Å². The van der Waals surface area contributed by atoms with Crippen LogP contribution in [0, 0.1) is 5.82 Å². The number of anilines is 2. The lowest BCUT2D eigenvalue weighted by Gasteiger charge is -1.99. The largest absolute Gasteiger partial charge is 0.385 e. The monoisotopic (exact) mass is 304 g/mol. The Hall–Kier alpha value is -2.36. The van der Waals surface area contributed by atoms with Crippen LogP contribution in [0.25, 0.3) is 0 Å². The van der Waals surface area contributed by atoms with Crippen molar-refractivity contribution in [3.8, 4) is 0 Å². The topological polar surface area (TPSA) is 41.1 Å². The molecule has 1 amide bonds. The van der Waals surface area contributed by atoms with Gasteiger partial charge in [0.05, 0.1) is 0 Å². The zero-order valence-electron chi connectivity index (χ0n) is 13.7. The molecule has 0 fully saturated rings. The van der Waals surface area contributed by atoms with E-state index in [2.05, 4.69) is 29.7 Å². The maximum absolute atomic E-state index is 12.5. The van der Waals surface area contributed by atoms with Crippen molar-refractivity contribution in [2.45, 2.75) is 27.7 Å². The van der Waals surface area contributed by atoms with Gasteiger partial charge in [-0.25, -0.2) is 4.39 Å². The van der Waals surface area contributed by atoms with Crippen LogP contribution in [0.3, 0.4) is 0 Å². The van der Waals surface area contributed by atoms with Crippen LogP contribution in [-0.4, -0.2) is 12.5 Å². The fourth-order valence-corrected chi connectivity index (χ4v) is 1.53. The Morgan fingerprint density at radius 1 is 1.00 bits per heavy atom. The highest BCUT2D eigenvalue weighted by Crippen LogP contribution is 2.08. The Balaban J connectivity index is 0.000000366. The molecule has 2 aromatic rings. The predicted molar refractivity (Wildman–Crippen MR) is 92.7 cm³/mol.